The van der Waals surface area contributed by atoms with Crippen LogP contribution in [0.2, 0.25) is 0 Å². The Kier molecular flexibility index (Phi) is 3.87. The summed E-state index contributed by atoms with van der Waals surface area (Å²) >= 11 is 0. The fraction of sp³-hybridized carbons (Fsp3) is 0.125. The highest BCUT2D eigenvalue weighted by molar-refractivity contribution is 5.95. The minimum absolute atomic E-state index is 0.0558. The van der Waals surface area contributed by atoms with Gasteiger partial charge in [0.05, 0.1) is 16.9 Å². The second kappa shape index (κ2) is 5.99. The number of carbonyl (C=O) groups is 1. The molecule has 0 aliphatic rings. The third-order valence-corrected chi connectivity index (χ3v) is 3.63. The number of hydrogen-bond donors (Lipinski definition) is 0. The molecule has 0 N–H and O–H groups in total. The summed E-state index contributed by atoms with van der Waals surface area (Å²) in [6.07, 6.45) is 0. The first-order chi connectivity index (χ1) is 11.5. The minimum Gasteiger partial charge on any atom is -0.294 e. The molecule has 24 heavy (non-hydrogen) atoms. The van der Waals surface area contributed by atoms with Crippen LogP contribution >= 0.6 is 0 Å². The Labute approximate surface area is 135 Å². The Balaban J connectivity index is 2.11. The molecule has 0 aliphatic carbocycles. The van der Waals surface area contributed by atoms with E-state index >= 15 is 0 Å². The Morgan fingerprint density at radius 2 is 2.00 bits per heavy atom. The van der Waals surface area contributed by atoms with E-state index in [4.69, 9.17) is 0 Å². The molecule has 0 unspecified atom stereocenters. The number of Topliss-reactive ketones (excluding diaryl/α,β-unsaturated/α-hetero) is 1. The van der Waals surface area contributed by atoms with Gasteiger partial charge in [-0.1, -0.05) is 29.5 Å². The average molecular weight is 324 g/mol. The molecular formula is C16H12N4O4. The Morgan fingerprint density at radius 1 is 1.25 bits per heavy atom. The van der Waals surface area contributed by atoms with Crippen LogP contribution in [0.15, 0.2) is 47.3 Å². The van der Waals surface area contributed by atoms with Crippen molar-refractivity contribution >= 4 is 22.4 Å². The van der Waals surface area contributed by atoms with E-state index in [1.807, 2.05) is 0 Å². The molecule has 0 saturated carbocycles. The normalized spacial score (nSPS) is 10.7. The van der Waals surface area contributed by atoms with Gasteiger partial charge in [-0.25, -0.2) is 4.68 Å². The van der Waals surface area contributed by atoms with E-state index in [0.29, 0.717) is 11.1 Å². The summed E-state index contributed by atoms with van der Waals surface area (Å²) in [6.45, 7) is 1.50. The predicted octanol–water partition coefficient (Wildman–Crippen LogP) is 1.95. The summed E-state index contributed by atoms with van der Waals surface area (Å²) in [4.78, 5) is 34.5. The van der Waals surface area contributed by atoms with Crippen LogP contribution in [0.5, 0.6) is 0 Å². The molecule has 3 rings (SSSR count). The Hall–Kier alpha value is -3.42. The van der Waals surface area contributed by atoms with E-state index in [0.717, 1.165) is 4.68 Å². The van der Waals surface area contributed by atoms with Crippen molar-refractivity contribution in [3.63, 3.8) is 0 Å². The van der Waals surface area contributed by atoms with Crippen LogP contribution in [0.1, 0.15) is 22.8 Å². The molecule has 8 nitrogen and oxygen atoms in total. The number of nitro groups is 1. The van der Waals surface area contributed by atoms with Gasteiger partial charge < -0.3 is 0 Å². The van der Waals surface area contributed by atoms with Gasteiger partial charge in [0.2, 0.25) is 0 Å². The summed E-state index contributed by atoms with van der Waals surface area (Å²) in [7, 11) is 0. The molecule has 8 heteroatoms. The Morgan fingerprint density at radius 3 is 2.71 bits per heavy atom. The van der Waals surface area contributed by atoms with Gasteiger partial charge >= 0.3 is 0 Å². The van der Waals surface area contributed by atoms with Gasteiger partial charge in [-0.05, 0) is 18.6 Å². The number of fused-ring (bicyclic) bond motifs is 1. The highest BCUT2D eigenvalue weighted by atomic mass is 16.6. The van der Waals surface area contributed by atoms with E-state index < -0.39 is 10.5 Å². The van der Waals surface area contributed by atoms with E-state index in [2.05, 4.69) is 10.3 Å². The molecule has 0 bridgehead atoms. The van der Waals surface area contributed by atoms with Crippen LogP contribution in [0.3, 0.4) is 0 Å². The van der Waals surface area contributed by atoms with Crippen LogP contribution in [0.4, 0.5) is 5.69 Å². The number of hydrogen-bond acceptors (Lipinski definition) is 6. The fourth-order valence-corrected chi connectivity index (χ4v) is 2.44. The molecule has 0 spiro atoms. The molecule has 2 aromatic carbocycles. The van der Waals surface area contributed by atoms with Crippen molar-refractivity contribution in [2.24, 2.45) is 0 Å². The first-order valence-electron chi connectivity index (χ1n) is 7.08. The van der Waals surface area contributed by atoms with Crippen molar-refractivity contribution in [2.75, 3.05) is 0 Å². The maximum atomic E-state index is 12.5. The molecular weight excluding hydrogens is 312 g/mol. The molecule has 0 amide bonds. The summed E-state index contributed by atoms with van der Waals surface area (Å²) < 4.78 is 1.09. The summed E-state index contributed by atoms with van der Waals surface area (Å²) in [5.41, 5.74) is 0.712. The van der Waals surface area contributed by atoms with Crippen molar-refractivity contribution in [1.29, 1.82) is 0 Å². The summed E-state index contributed by atoms with van der Waals surface area (Å²) in [5, 5.41) is 18.8. The first-order valence-corrected chi connectivity index (χ1v) is 7.08. The zero-order valence-electron chi connectivity index (χ0n) is 12.7. The van der Waals surface area contributed by atoms with Crippen molar-refractivity contribution < 1.29 is 9.72 Å². The Bertz CT molecular complexity index is 1030. The lowest BCUT2D eigenvalue weighted by molar-refractivity contribution is -0.384. The van der Waals surface area contributed by atoms with Crippen molar-refractivity contribution in [3.05, 3.63) is 74.1 Å². The second-order valence-electron chi connectivity index (χ2n) is 5.22. The smallest absolute Gasteiger partial charge is 0.278 e. The number of rotatable bonds is 4. The third-order valence-electron chi connectivity index (χ3n) is 3.63. The summed E-state index contributed by atoms with van der Waals surface area (Å²) in [5.74, 6) is -0.122. The van der Waals surface area contributed by atoms with Crippen LogP contribution in [0.25, 0.3) is 10.9 Å². The monoisotopic (exact) mass is 324 g/mol. The molecule has 3 aromatic rings. The quantitative estimate of drug-likeness (QED) is 0.412. The van der Waals surface area contributed by atoms with E-state index in [1.54, 1.807) is 24.3 Å². The highest BCUT2D eigenvalue weighted by Crippen LogP contribution is 2.16. The lowest BCUT2D eigenvalue weighted by Crippen LogP contribution is -2.25. The van der Waals surface area contributed by atoms with Crippen LogP contribution in [0, 0.1) is 10.1 Å². The maximum Gasteiger partial charge on any atom is 0.278 e. The van der Waals surface area contributed by atoms with Gasteiger partial charge in [-0.15, -0.1) is 5.10 Å². The first kappa shape index (κ1) is 15.5. The van der Waals surface area contributed by atoms with Gasteiger partial charge in [0.15, 0.2) is 5.78 Å². The largest absolute Gasteiger partial charge is 0.294 e. The molecule has 0 fully saturated rings. The predicted molar refractivity (Wildman–Crippen MR) is 86.0 cm³/mol. The van der Waals surface area contributed by atoms with Gasteiger partial charge in [-0.3, -0.25) is 19.7 Å². The van der Waals surface area contributed by atoms with Crippen molar-refractivity contribution in [1.82, 2.24) is 15.0 Å². The van der Waals surface area contributed by atoms with Gasteiger partial charge in [0.1, 0.15) is 5.52 Å². The fourth-order valence-electron chi connectivity index (χ4n) is 2.44. The van der Waals surface area contributed by atoms with E-state index in [-0.39, 0.29) is 28.9 Å². The van der Waals surface area contributed by atoms with Crippen LogP contribution in [-0.2, 0) is 6.54 Å². The topological polar surface area (TPSA) is 108 Å². The van der Waals surface area contributed by atoms with E-state index in [9.17, 15) is 19.7 Å². The molecule has 1 heterocycles. The zero-order valence-corrected chi connectivity index (χ0v) is 12.7. The zero-order chi connectivity index (χ0) is 17.3. The molecule has 0 saturated heterocycles. The molecule has 0 atom stereocenters. The van der Waals surface area contributed by atoms with Crippen molar-refractivity contribution in [3.8, 4) is 0 Å². The van der Waals surface area contributed by atoms with Crippen LogP contribution < -0.4 is 5.56 Å². The number of nitrogens with zero attached hydrogens (tertiary/aromatic N) is 4. The molecule has 120 valence electrons. The van der Waals surface area contributed by atoms with Gasteiger partial charge in [-0.2, -0.15) is 0 Å². The third kappa shape index (κ3) is 2.76. The lowest BCUT2D eigenvalue weighted by Gasteiger charge is -2.08. The minimum atomic E-state index is -0.575. The lowest BCUT2D eigenvalue weighted by atomic mass is 10.0. The molecule has 1 aromatic heterocycles. The molecule has 0 aliphatic heterocycles. The van der Waals surface area contributed by atoms with E-state index in [1.165, 1.54) is 25.1 Å². The van der Waals surface area contributed by atoms with Gasteiger partial charge in [0.25, 0.3) is 11.2 Å². The number of ketones is 1. The number of carbonyl (C=O) groups excluding carboxylic acids is 1. The standard InChI is InChI=1S/C16H12N4O4/c1-10(21)13-5-3-2-4-11(13)9-19-16(22)14-8-12(20(23)24)6-7-15(14)17-18-19/h2-8H,9H2,1H3. The van der Waals surface area contributed by atoms with Gasteiger partial charge in [0, 0.05) is 17.7 Å². The summed E-state index contributed by atoms with van der Waals surface area (Å²) in [6, 6.07) is 10.7. The number of benzene rings is 2. The number of aromatic nitrogens is 3. The average Bonchev–Trinajstić information content (AvgIpc) is 2.57. The van der Waals surface area contributed by atoms with Crippen LogP contribution in [-0.4, -0.2) is 25.7 Å². The SMILES string of the molecule is CC(=O)c1ccccc1Cn1nnc2ccc([N+](=O)[O-])cc2c1=O. The molecule has 0 radical (unpaired) electrons. The number of nitro benzene ring substituents is 1. The van der Waals surface area contributed by atoms with Crippen molar-refractivity contribution in [2.45, 2.75) is 13.5 Å². The number of non-ortho nitro benzene ring substituents is 1. The highest BCUT2D eigenvalue weighted by Gasteiger charge is 2.13. The second-order valence-corrected chi connectivity index (χ2v) is 5.22. The maximum absolute atomic E-state index is 12.5.